The smallest absolute Gasteiger partial charge is 0.338 e. The Labute approximate surface area is 200 Å². The number of benzene rings is 1. The van der Waals surface area contributed by atoms with Crippen molar-refractivity contribution in [1.82, 2.24) is 19.1 Å². The molecular weight excluding hydrogens is 488 g/mol. The lowest BCUT2D eigenvalue weighted by Gasteiger charge is -2.52. The Balaban J connectivity index is 1.35. The predicted molar refractivity (Wildman–Crippen MR) is 119 cm³/mol. The van der Waals surface area contributed by atoms with Crippen molar-refractivity contribution < 1.29 is 30.8 Å². The summed E-state index contributed by atoms with van der Waals surface area (Å²) in [7, 11) is -1.96. The molecule has 1 aliphatic carbocycles. The summed E-state index contributed by atoms with van der Waals surface area (Å²) in [4.78, 5) is 16.2. The lowest BCUT2D eigenvalue weighted by Crippen LogP contribution is -2.63. The van der Waals surface area contributed by atoms with Gasteiger partial charge in [0.25, 0.3) is 5.91 Å². The van der Waals surface area contributed by atoms with Gasteiger partial charge >= 0.3 is 6.18 Å². The van der Waals surface area contributed by atoms with Crippen LogP contribution in [-0.4, -0.2) is 67.6 Å². The topological polar surface area (TPSA) is 74.6 Å². The minimum absolute atomic E-state index is 0.0466. The van der Waals surface area contributed by atoms with Crippen LogP contribution in [0.2, 0.25) is 0 Å². The van der Waals surface area contributed by atoms with E-state index in [1.54, 1.807) is 11.9 Å². The van der Waals surface area contributed by atoms with Gasteiger partial charge in [-0.15, -0.1) is 0 Å². The van der Waals surface area contributed by atoms with Gasteiger partial charge in [-0.05, 0) is 62.7 Å². The van der Waals surface area contributed by atoms with Crippen molar-refractivity contribution in [1.29, 1.82) is 0 Å². The van der Waals surface area contributed by atoms with E-state index < -0.39 is 39.5 Å². The number of hydrogen-bond acceptors (Lipinski definition) is 4. The van der Waals surface area contributed by atoms with Gasteiger partial charge in [-0.3, -0.25) is 9.69 Å². The maximum Gasteiger partial charge on any atom is 0.431 e. The van der Waals surface area contributed by atoms with Crippen LogP contribution in [0.5, 0.6) is 0 Å². The van der Waals surface area contributed by atoms with E-state index >= 15 is 4.39 Å². The number of aromatic nitrogens is 1. The number of alkyl halides is 4. The molecular formula is C23H26F4N4O3S. The molecule has 2 atom stereocenters. The molecule has 1 saturated carbocycles. The summed E-state index contributed by atoms with van der Waals surface area (Å²) in [5.41, 5.74) is -1.56. The molecule has 1 aromatic carbocycles. The highest BCUT2D eigenvalue weighted by molar-refractivity contribution is 7.89. The second-order valence-corrected chi connectivity index (χ2v) is 11.2. The molecule has 1 amide bonds. The number of halogens is 4. The van der Waals surface area contributed by atoms with Crippen molar-refractivity contribution in [2.45, 2.75) is 54.6 Å². The Morgan fingerprint density at radius 1 is 1.06 bits per heavy atom. The van der Waals surface area contributed by atoms with Crippen LogP contribution >= 0.6 is 0 Å². The van der Waals surface area contributed by atoms with E-state index in [9.17, 15) is 26.4 Å². The first-order valence-electron chi connectivity index (χ1n) is 11.5. The van der Waals surface area contributed by atoms with Gasteiger partial charge in [0.05, 0.1) is 17.0 Å². The molecule has 2 aliphatic heterocycles. The van der Waals surface area contributed by atoms with Gasteiger partial charge in [0.15, 0.2) is 0 Å². The van der Waals surface area contributed by atoms with Crippen molar-refractivity contribution in [2.24, 2.45) is 0 Å². The van der Waals surface area contributed by atoms with Crippen molar-refractivity contribution in [3.8, 4) is 0 Å². The largest absolute Gasteiger partial charge is 0.431 e. The highest BCUT2D eigenvalue weighted by Gasteiger charge is 2.53. The van der Waals surface area contributed by atoms with Crippen LogP contribution in [0, 0.1) is 0 Å². The number of rotatable bonds is 4. The molecule has 2 aromatic rings. The number of likely N-dealkylation sites (N-methyl/N-ethyl adjacent to an activating group) is 1. The molecule has 1 aromatic heterocycles. The van der Waals surface area contributed by atoms with Crippen LogP contribution in [0.4, 0.5) is 17.6 Å². The number of fused-ring (bicyclic) bond motifs is 2. The lowest BCUT2D eigenvalue weighted by atomic mass is 9.79. The number of likely N-dealkylation sites (tertiary alicyclic amines) is 1. The highest BCUT2D eigenvalue weighted by atomic mass is 32.2. The number of carbonyl (C=O) groups excluding carboxylic acids is 1. The molecule has 1 saturated heterocycles. The van der Waals surface area contributed by atoms with Crippen LogP contribution < -0.4 is 4.72 Å². The summed E-state index contributed by atoms with van der Waals surface area (Å²) >= 11 is 0. The maximum atomic E-state index is 15.8. The molecule has 12 heteroatoms. The maximum absolute atomic E-state index is 15.8. The van der Waals surface area contributed by atoms with Crippen molar-refractivity contribution in [3.63, 3.8) is 0 Å². The Bertz CT molecular complexity index is 1240. The van der Waals surface area contributed by atoms with Gasteiger partial charge in [0.1, 0.15) is 11.9 Å². The molecule has 7 nitrogen and oxygen atoms in total. The van der Waals surface area contributed by atoms with Gasteiger partial charge in [-0.1, -0.05) is 0 Å². The summed E-state index contributed by atoms with van der Waals surface area (Å²) in [6.45, 7) is 0.234. The van der Waals surface area contributed by atoms with E-state index in [1.807, 2.05) is 0 Å². The van der Waals surface area contributed by atoms with E-state index in [4.69, 9.17) is 0 Å². The zero-order valence-corrected chi connectivity index (χ0v) is 19.9. The van der Waals surface area contributed by atoms with Crippen LogP contribution in [0.25, 0.3) is 0 Å². The number of nitrogens with one attached hydrogen (secondary N) is 1. The monoisotopic (exact) mass is 514 g/mol. The molecule has 0 radical (unpaired) electrons. The first-order chi connectivity index (χ1) is 16.4. The Morgan fingerprint density at radius 2 is 1.74 bits per heavy atom. The summed E-state index contributed by atoms with van der Waals surface area (Å²) in [5.74, 6) is -0.452. The number of nitrogens with zero attached hydrogens (tertiary/aromatic N) is 3. The van der Waals surface area contributed by atoms with Crippen molar-refractivity contribution in [2.75, 3.05) is 26.7 Å². The highest BCUT2D eigenvalue weighted by Crippen LogP contribution is 2.45. The molecule has 1 N–H and O–H groups in total. The minimum atomic E-state index is -4.54. The predicted octanol–water partition coefficient (Wildman–Crippen LogP) is 2.97. The van der Waals surface area contributed by atoms with Crippen molar-refractivity contribution >= 4 is 15.9 Å². The van der Waals surface area contributed by atoms with Gasteiger partial charge in [0.2, 0.25) is 10.0 Å². The second-order valence-electron chi connectivity index (χ2n) is 9.49. The fourth-order valence-electron chi connectivity index (χ4n) is 5.23. The standard InChI is InChI=1S/C23H26F4N4O3S/c1-29-12-13-31-19(8-9-20(31)23(25,26)27)22(29)10-11-30(14-18(22)24)21(32)15-2-6-17(7-3-15)35(33,34)28-16-4-5-16/h2-3,6-9,16,18,28H,4-5,10-14H2,1H3/t18-,22-/m1/s1. The third-order valence-corrected chi connectivity index (χ3v) is 8.85. The third-order valence-electron chi connectivity index (χ3n) is 7.31. The summed E-state index contributed by atoms with van der Waals surface area (Å²) in [6, 6.07) is 7.78. The first-order valence-corrected chi connectivity index (χ1v) is 13.0. The molecule has 0 unspecified atom stereocenters. The fourth-order valence-corrected chi connectivity index (χ4v) is 6.53. The number of amides is 1. The number of carbonyl (C=O) groups is 1. The molecule has 2 fully saturated rings. The minimum Gasteiger partial charge on any atom is -0.338 e. The molecule has 5 rings (SSSR count). The van der Waals surface area contributed by atoms with E-state index in [0.29, 0.717) is 0 Å². The zero-order chi connectivity index (χ0) is 25.2. The van der Waals surface area contributed by atoms with Crippen LogP contribution in [0.1, 0.15) is 41.0 Å². The Hall–Kier alpha value is -2.44. The normalized spacial score (nSPS) is 25.6. The summed E-state index contributed by atoms with van der Waals surface area (Å²) in [5, 5.41) is 0. The van der Waals surface area contributed by atoms with Gasteiger partial charge < -0.3 is 9.47 Å². The van der Waals surface area contributed by atoms with E-state index in [0.717, 1.165) is 23.5 Å². The average Bonchev–Trinajstić information content (AvgIpc) is 3.48. The summed E-state index contributed by atoms with van der Waals surface area (Å²) in [6.07, 6.45) is -4.41. The third kappa shape index (κ3) is 4.15. The van der Waals surface area contributed by atoms with Gasteiger partial charge in [-0.25, -0.2) is 17.5 Å². The van der Waals surface area contributed by atoms with Gasteiger partial charge in [0, 0.05) is 36.9 Å². The summed E-state index contributed by atoms with van der Waals surface area (Å²) < 4.78 is 84.6. The van der Waals surface area contributed by atoms with Gasteiger partial charge in [-0.2, -0.15) is 13.2 Å². The molecule has 190 valence electrons. The quantitative estimate of drug-likeness (QED) is 0.637. The van der Waals surface area contributed by atoms with E-state index in [-0.39, 0.29) is 54.8 Å². The van der Waals surface area contributed by atoms with Crippen LogP contribution in [0.3, 0.4) is 0 Å². The molecule has 3 aliphatic rings. The Kier molecular flexibility index (Phi) is 5.76. The van der Waals surface area contributed by atoms with Crippen LogP contribution in [-0.2, 0) is 28.3 Å². The fraction of sp³-hybridized carbons (Fsp3) is 0.522. The molecule has 0 bridgehead atoms. The number of hydrogen-bond donors (Lipinski definition) is 1. The van der Waals surface area contributed by atoms with Crippen LogP contribution in [0.15, 0.2) is 41.3 Å². The lowest BCUT2D eigenvalue weighted by molar-refractivity contribution is -0.145. The first kappa shape index (κ1) is 24.3. The van der Waals surface area contributed by atoms with Crippen molar-refractivity contribution in [3.05, 3.63) is 53.3 Å². The molecule has 1 spiro atoms. The number of piperidine rings is 1. The second kappa shape index (κ2) is 8.31. The average molecular weight is 515 g/mol. The van der Waals surface area contributed by atoms with E-state index in [2.05, 4.69) is 4.72 Å². The van der Waals surface area contributed by atoms with E-state index in [1.165, 1.54) is 35.2 Å². The Morgan fingerprint density at radius 3 is 2.34 bits per heavy atom. The molecule has 3 heterocycles. The zero-order valence-electron chi connectivity index (χ0n) is 19.1. The SMILES string of the molecule is CN1CCn2c(C(F)(F)F)ccc2[C@]12CCN(C(=O)c1ccc(S(=O)(=O)NC3CC3)cc1)C[C@H]2F. The molecule has 35 heavy (non-hydrogen) atoms. The number of sulfonamides is 1.